The van der Waals surface area contributed by atoms with Gasteiger partial charge in [0.2, 0.25) is 17.6 Å². The molecule has 6 N–H and O–H groups in total. The molecule has 0 bridgehead atoms. The van der Waals surface area contributed by atoms with Crippen LogP contribution in [-0.2, 0) is 29.0 Å². The third-order valence-electron chi connectivity index (χ3n) is 10.4. The second-order valence-electron chi connectivity index (χ2n) is 16.7. The first kappa shape index (κ1) is 39.1. The molecule has 2 aliphatic carbocycles. The van der Waals surface area contributed by atoms with Crippen molar-refractivity contribution in [3.05, 3.63) is 24.3 Å². The Hall–Kier alpha value is -3.68. The molecule has 1 aliphatic heterocycles. The highest BCUT2D eigenvalue weighted by Crippen LogP contribution is 2.40. The zero-order valence-corrected chi connectivity index (χ0v) is 31.0. The van der Waals surface area contributed by atoms with E-state index < -0.39 is 73.9 Å². The van der Waals surface area contributed by atoms with Gasteiger partial charge in [-0.3, -0.25) is 19.2 Å². The predicted octanol–water partition coefficient (Wildman–Crippen LogP) is 3.19. The molecule has 50 heavy (non-hydrogen) atoms. The first-order valence-corrected chi connectivity index (χ1v) is 19.3. The fourth-order valence-corrected chi connectivity index (χ4v) is 9.34. The van der Waals surface area contributed by atoms with E-state index in [1.807, 2.05) is 20.8 Å². The predicted molar refractivity (Wildman–Crippen MR) is 187 cm³/mol. The number of rotatable bonds is 12. The lowest BCUT2D eigenvalue weighted by Crippen LogP contribution is -2.63. The van der Waals surface area contributed by atoms with E-state index >= 15 is 0 Å². The Morgan fingerprint density at radius 2 is 1.62 bits per heavy atom. The van der Waals surface area contributed by atoms with Gasteiger partial charge in [-0.2, -0.15) is 0 Å². The number of urea groups is 1. The summed E-state index contributed by atoms with van der Waals surface area (Å²) in [5, 5.41) is 18.4. The first-order valence-electron chi connectivity index (χ1n) is 17.7. The van der Waals surface area contributed by atoms with Crippen LogP contribution in [0.4, 0.5) is 4.79 Å². The second kappa shape index (κ2) is 14.9. The molecule has 0 radical (unpaired) electrons. The van der Waals surface area contributed by atoms with Crippen LogP contribution in [0.3, 0.4) is 0 Å². The molecule has 2 saturated carbocycles. The van der Waals surface area contributed by atoms with Crippen LogP contribution >= 0.6 is 0 Å². The molecule has 1 heterocycles. The van der Waals surface area contributed by atoms with Crippen molar-refractivity contribution >= 4 is 39.4 Å². The van der Waals surface area contributed by atoms with E-state index in [4.69, 9.17) is 5.73 Å². The van der Waals surface area contributed by atoms with Gasteiger partial charge in [-0.15, -0.1) is 0 Å². The second-order valence-corrected chi connectivity index (χ2v) is 18.7. The van der Waals surface area contributed by atoms with Gasteiger partial charge in [0.05, 0.1) is 22.2 Å². The third-order valence-corrected chi connectivity index (χ3v) is 12.3. The van der Waals surface area contributed by atoms with Crippen molar-refractivity contribution in [1.82, 2.24) is 20.9 Å². The average Bonchev–Trinajstić information content (AvgIpc) is 3.70. The van der Waals surface area contributed by atoms with Crippen LogP contribution in [0.2, 0.25) is 0 Å². The monoisotopic (exact) mass is 717 g/mol. The van der Waals surface area contributed by atoms with E-state index in [0.717, 1.165) is 19.3 Å². The molecule has 4 rings (SSSR count). The van der Waals surface area contributed by atoms with Crippen LogP contribution < -0.4 is 21.7 Å². The van der Waals surface area contributed by atoms with Gasteiger partial charge in [-0.1, -0.05) is 79.7 Å². The highest BCUT2D eigenvalue weighted by Gasteiger charge is 2.50. The number of nitrogens with one attached hydrogen (secondary N) is 3. The number of hydrogen-bond acceptors (Lipinski definition) is 8. The van der Waals surface area contributed by atoms with Crippen LogP contribution in [-0.4, -0.2) is 83.9 Å². The van der Waals surface area contributed by atoms with Crippen LogP contribution in [0, 0.1) is 22.7 Å². The summed E-state index contributed by atoms with van der Waals surface area (Å²) in [6, 6.07) is 1.57. The fraction of sp³-hybridized carbons (Fsp3) is 0.694. The van der Waals surface area contributed by atoms with Crippen LogP contribution in [0.25, 0.3) is 0 Å². The van der Waals surface area contributed by atoms with Gasteiger partial charge < -0.3 is 31.7 Å². The molecule has 1 unspecified atom stereocenters. The van der Waals surface area contributed by atoms with Crippen molar-refractivity contribution in [3.8, 4) is 5.75 Å². The summed E-state index contributed by atoms with van der Waals surface area (Å²) >= 11 is 0. The van der Waals surface area contributed by atoms with E-state index in [1.165, 1.54) is 29.2 Å². The first-order chi connectivity index (χ1) is 23.1. The summed E-state index contributed by atoms with van der Waals surface area (Å²) in [7, 11) is -3.91. The number of phenolic OH excluding ortho intramolecular Hbond substituents is 1. The summed E-state index contributed by atoms with van der Waals surface area (Å²) in [5.74, 6) is -3.67. The summed E-state index contributed by atoms with van der Waals surface area (Å²) in [5.41, 5.74) is 2.99. The lowest BCUT2D eigenvalue weighted by atomic mass is 9.75. The number of nitrogens with two attached hydrogens (primary N) is 1. The Kier molecular flexibility index (Phi) is 11.6. The van der Waals surface area contributed by atoms with Gasteiger partial charge in [0.25, 0.3) is 5.91 Å². The highest BCUT2D eigenvalue weighted by atomic mass is 32.2. The maximum absolute atomic E-state index is 14.5. The molecule has 278 valence electrons. The Balaban J connectivity index is 1.58. The number of benzene rings is 1. The molecule has 1 aromatic carbocycles. The number of carbonyl (C=O) groups is 5. The Labute approximate surface area is 295 Å². The number of likely N-dealkylation sites (tertiary alicyclic amines) is 1. The van der Waals surface area contributed by atoms with Gasteiger partial charge in [0, 0.05) is 6.54 Å². The van der Waals surface area contributed by atoms with Crippen molar-refractivity contribution < 1.29 is 37.5 Å². The average molecular weight is 718 g/mol. The molecule has 4 atom stereocenters. The van der Waals surface area contributed by atoms with Gasteiger partial charge in [0.15, 0.2) is 9.84 Å². The van der Waals surface area contributed by atoms with Crippen molar-refractivity contribution in [2.45, 2.75) is 128 Å². The number of hydrogen-bond donors (Lipinski definition) is 5. The number of nitrogens with zero attached hydrogens (tertiary/aromatic N) is 1. The molecule has 1 aromatic rings. The number of Topliss-reactive ketones (excluding diaryl/α,β-unsaturated/α-hetero) is 1. The van der Waals surface area contributed by atoms with Crippen LogP contribution in [0.1, 0.15) is 99.3 Å². The number of carbonyl (C=O) groups excluding carboxylic acids is 5. The molecule has 0 aromatic heterocycles. The standard InChI is InChI=1S/C36H55N5O8S/c1-34(2,3)25-15-18-41(27(25)31(45)38-26(19-22-13-14-22)28(43)30(37)44)32(46)29(35(4,5)6)39-33(47)40-36(16-8-7-9-17-36)21-50(48,49)24-12-10-11-23(42)20-24/h10-12,20,22,25-27,29,42H,7-9,13-19,21H2,1-6H3,(H2,37,44)(H,38,45)(H2,39,40,47)/t25-,26?,27+,29-/m1/s1. The van der Waals surface area contributed by atoms with Gasteiger partial charge in [-0.25, -0.2) is 13.2 Å². The van der Waals surface area contributed by atoms with Gasteiger partial charge in [0.1, 0.15) is 17.8 Å². The van der Waals surface area contributed by atoms with E-state index in [1.54, 1.807) is 20.8 Å². The fourth-order valence-electron chi connectivity index (χ4n) is 7.50. The molecule has 13 nitrogen and oxygen atoms in total. The Morgan fingerprint density at radius 1 is 0.980 bits per heavy atom. The van der Waals surface area contributed by atoms with Crippen molar-refractivity contribution in [2.24, 2.45) is 28.4 Å². The minimum atomic E-state index is -3.91. The van der Waals surface area contributed by atoms with E-state index in [0.29, 0.717) is 38.5 Å². The summed E-state index contributed by atoms with van der Waals surface area (Å²) < 4.78 is 27.0. The molecular formula is C36H55N5O8S. The maximum Gasteiger partial charge on any atom is 0.315 e. The van der Waals surface area contributed by atoms with Crippen molar-refractivity contribution in [2.75, 3.05) is 12.3 Å². The number of primary amides is 1. The number of amides is 5. The number of ketones is 1. The van der Waals surface area contributed by atoms with Crippen molar-refractivity contribution in [3.63, 3.8) is 0 Å². The SMILES string of the molecule is CC(C)(C)[C@H](NC(=O)NC1(CS(=O)(=O)c2cccc(O)c2)CCCCC1)C(=O)N1CC[C@@H](C(C)(C)C)[C@H]1C(=O)NC(CC1CC1)C(=O)C(N)=O. The Bertz CT molecular complexity index is 1570. The third kappa shape index (κ3) is 9.55. The molecule has 3 aliphatic rings. The summed E-state index contributed by atoms with van der Waals surface area (Å²) in [6.07, 6.45) is 5.71. The molecule has 3 fully saturated rings. The van der Waals surface area contributed by atoms with Crippen LogP contribution in [0.5, 0.6) is 5.75 Å². The Morgan fingerprint density at radius 3 is 2.16 bits per heavy atom. The zero-order chi connectivity index (χ0) is 37.2. The number of aromatic hydroxyl groups is 1. The zero-order valence-electron chi connectivity index (χ0n) is 30.2. The van der Waals surface area contributed by atoms with Crippen LogP contribution in [0.15, 0.2) is 29.2 Å². The summed E-state index contributed by atoms with van der Waals surface area (Å²) in [4.78, 5) is 68.3. The molecule has 5 amide bonds. The van der Waals surface area contributed by atoms with E-state index in [2.05, 4.69) is 16.0 Å². The number of phenols is 1. The molecule has 0 spiro atoms. The largest absolute Gasteiger partial charge is 0.508 e. The highest BCUT2D eigenvalue weighted by molar-refractivity contribution is 7.91. The topological polar surface area (TPSA) is 205 Å². The van der Waals surface area contributed by atoms with Crippen molar-refractivity contribution in [1.29, 1.82) is 0 Å². The number of sulfone groups is 1. The maximum atomic E-state index is 14.5. The minimum Gasteiger partial charge on any atom is -0.508 e. The molecular weight excluding hydrogens is 662 g/mol. The summed E-state index contributed by atoms with van der Waals surface area (Å²) in [6.45, 7) is 11.5. The lowest BCUT2D eigenvalue weighted by Gasteiger charge is -2.40. The quantitative estimate of drug-likeness (QED) is 0.203. The lowest BCUT2D eigenvalue weighted by molar-refractivity contribution is -0.145. The van der Waals surface area contributed by atoms with Gasteiger partial charge in [-0.05, 0) is 66.5 Å². The molecule has 1 saturated heterocycles. The molecule has 14 heteroatoms. The normalized spacial score (nSPS) is 22.2. The van der Waals surface area contributed by atoms with E-state index in [-0.39, 0.29) is 34.8 Å². The van der Waals surface area contributed by atoms with E-state index in [9.17, 15) is 37.5 Å². The smallest absolute Gasteiger partial charge is 0.315 e. The van der Waals surface area contributed by atoms with Gasteiger partial charge >= 0.3 is 6.03 Å². The minimum absolute atomic E-state index is 0.0453.